The Hall–Kier alpha value is -3.24. The molecular weight excluding hydrogens is 471 g/mol. The van der Waals surface area contributed by atoms with Crippen LogP contribution < -0.4 is 5.73 Å². The second-order valence-corrected chi connectivity index (χ2v) is 10.0. The molecule has 0 bridgehead atoms. The normalized spacial score (nSPS) is 15.3. The van der Waals surface area contributed by atoms with E-state index in [0.29, 0.717) is 24.0 Å². The van der Waals surface area contributed by atoms with Gasteiger partial charge in [0.05, 0.1) is 22.9 Å². The van der Waals surface area contributed by atoms with Crippen LogP contribution in [-0.4, -0.2) is 44.9 Å². The van der Waals surface area contributed by atoms with Crippen LogP contribution in [0.3, 0.4) is 0 Å². The molecule has 9 nitrogen and oxygen atoms in total. The molecule has 0 radical (unpaired) electrons. The molecule has 0 spiro atoms. The molecule has 1 saturated carbocycles. The Kier molecular flexibility index (Phi) is 6.22. The average Bonchev–Trinajstić information content (AvgIpc) is 3.44. The standard InChI is InChI=1S/C21H22F3N7O2S/c1-13-7-8-15(34(32,33)30(10-4-9-25)14-5-2-3-6-14)11-16(13)17-12-27-19-18(26)28-20(21(22,23)24)29-31(17)19/h7-8,11-12,14H,2-6,10H2,1H3,(H2,26,28,29). The molecule has 0 atom stereocenters. The largest absolute Gasteiger partial charge is 0.453 e. The van der Waals surface area contributed by atoms with Crippen LogP contribution >= 0.6 is 0 Å². The molecule has 2 N–H and O–H groups in total. The van der Waals surface area contributed by atoms with E-state index in [4.69, 9.17) is 11.0 Å². The predicted octanol–water partition coefficient (Wildman–Crippen LogP) is 3.55. The van der Waals surface area contributed by atoms with Gasteiger partial charge in [-0.3, -0.25) is 0 Å². The Balaban J connectivity index is 1.83. The van der Waals surface area contributed by atoms with Gasteiger partial charge in [-0.2, -0.15) is 22.7 Å². The van der Waals surface area contributed by atoms with Crippen LogP contribution in [0.5, 0.6) is 0 Å². The highest BCUT2D eigenvalue weighted by Crippen LogP contribution is 2.33. The number of nitriles is 1. The van der Waals surface area contributed by atoms with Gasteiger partial charge < -0.3 is 5.73 Å². The van der Waals surface area contributed by atoms with Crippen molar-refractivity contribution in [3.05, 3.63) is 35.8 Å². The average molecular weight is 494 g/mol. The van der Waals surface area contributed by atoms with Gasteiger partial charge in [0, 0.05) is 24.6 Å². The molecule has 3 aromatic rings. The maximum Gasteiger partial charge on any atom is 0.453 e. The molecule has 0 unspecified atom stereocenters. The van der Waals surface area contributed by atoms with E-state index in [1.807, 2.05) is 6.07 Å². The molecule has 0 saturated heterocycles. The number of imidazole rings is 1. The van der Waals surface area contributed by atoms with Crippen molar-refractivity contribution in [1.82, 2.24) is 23.9 Å². The van der Waals surface area contributed by atoms with Crippen LogP contribution in [0.15, 0.2) is 29.3 Å². The Morgan fingerprint density at radius 2 is 2.00 bits per heavy atom. The van der Waals surface area contributed by atoms with Crippen molar-refractivity contribution in [2.24, 2.45) is 0 Å². The minimum atomic E-state index is -4.83. The fraction of sp³-hybridized carbons (Fsp3) is 0.429. The van der Waals surface area contributed by atoms with Crippen LogP contribution in [0.25, 0.3) is 16.9 Å². The number of benzene rings is 1. The molecule has 1 aliphatic rings. The summed E-state index contributed by atoms with van der Waals surface area (Å²) in [6.07, 6.45) is -0.242. The Bertz CT molecular complexity index is 1370. The van der Waals surface area contributed by atoms with E-state index in [2.05, 4.69) is 15.1 Å². The predicted molar refractivity (Wildman–Crippen MR) is 117 cm³/mol. The van der Waals surface area contributed by atoms with E-state index in [0.717, 1.165) is 17.4 Å². The molecule has 13 heteroatoms. The number of nitrogen functional groups attached to an aromatic ring is 1. The minimum Gasteiger partial charge on any atom is -0.380 e. The maximum atomic E-state index is 13.6. The first-order chi connectivity index (χ1) is 16.0. The quantitative estimate of drug-likeness (QED) is 0.556. The van der Waals surface area contributed by atoms with Crippen molar-refractivity contribution in [2.45, 2.75) is 56.1 Å². The zero-order valence-corrected chi connectivity index (χ0v) is 19.1. The van der Waals surface area contributed by atoms with E-state index < -0.39 is 27.8 Å². The second-order valence-electron chi connectivity index (χ2n) is 8.14. The van der Waals surface area contributed by atoms with E-state index >= 15 is 0 Å². The van der Waals surface area contributed by atoms with Crippen LogP contribution in [-0.2, 0) is 16.2 Å². The molecular formula is C21H22F3N7O2S. The summed E-state index contributed by atoms with van der Waals surface area (Å²) in [4.78, 5) is 7.30. The van der Waals surface area contributed by atoms with Gasteiger partial charge in [0.15, 0.2) is 11.5 Å². The fourth-order valence-corrected chi connectivity index (χ4v) is 5.94. The highest BCUT2D eigenvalue weighted by atomic mass is 32.2. The summed E-state index contributed by atoms with van der Waals surface area (Å²) >= 11 is 0. The monoisotopic (exact) mass is 493 g/mol. The van der Waals surface area contributed by atoms with E-state index in [9.17, 15) is 21.6 Å². The summed E-state index contributed by atoms with van der Waals surface area (Å²) < 4.78 is 69.2. The number of fused-ring (bicyclic) bond motifs is 1. The topological polar surface area (TPSA) is 130 Å². The molecule has 1 fully saturated rings. The van der Waals surface area contributed by atoms with Gasteiger partial charge in [0.1, 0.15) is 0 Å². The lowest BCUT2D eigenvalue weighted by Gasteiger charge is -2.27. The highest BCUT2D eigenvalue weighted by Gasteiger charge is 2.37. The number of aromatic nitrogens is 4. The molecule has 180 valence electrons. The van der Waals surface area contributed by atoms with Crippen molar-refractivity contribution >= 4 is 21.5 Å². The number of nitrogens with zero attached hydrogens (tertiary/aromatic N) is 6. The Labute approximate surface area is 194 Å². The van der Waals surface area contributed by atoms with Gasteiger partial charge in [-0.1, -0.05) is 18.9 Å². The number of anilines is 1. The third-order valence-corrected chi connectivity index (χ3v) is 7.86. The van der Waals surface area contributed by atoms with Crippen molar-refractivity contribution in [3.8, 4) is 17.3 Å². The third kappa shape index (κ3) is 4.30. The lowest BCUT2D eigenvalue weighted by molar-refractivity contribution is -0.145. The maximum absolute atomic E-state index is 13.6. The molecule has 34 heavy (non-hydrogen) atoms. The van der Waals surface area contributed by atoms with Gasteiger partial charge in [-0.05, 0) is 37.5 Å². The summed E-state index contributed by atoms with van der Waals surface area (Å²) in [5.41, 5.74) is 6.70. The summed E-state index contributed by atoms with van der Waals surface area (Å²) in [6.45, 7) is 1.77. The van der Waals surface area contributed by atoms with Gasteiger partial charge in [0.25, 0.3) is 5.82 Å². The smallest absolute Gasteiger partial charge is 0.380 e. The third-order valence-electron chi connectivity index (χ3n) is 5.91. The molecule has 2 heterocycles. The van der Waals surface area contributed by atoms with Crippen molar-refractivity contribution in [1.29, 1.82) is 5.26 Å². The summed E-state index contributed by atoms with van der Waals surface area (Å²) in [7, 11) is -3.96. The number of halogens is 3. The Morgan fingerprint density at radius 3 is 2.65 bits per heavy atom. The van der Waals surface area contributed by atoms with Gasteiger partial charge in [-0.25, -0.2) is 22.9 Å². The lowest BCUT2D eigenvalue weighted by Crippen LogP contribution is -2.39. The summed E-state index contributed by atoms with van der Waals surface area (Å²) in [5, 5.41) is 12.6. The number of rotatable bonds is 6. The molecule has 1 aliphatic carbocycles. The zero-order chi connectivity index (χ0) is 24.7. The number of hydrogen-bond acceptors (Lipinski definition) is 7. The van der Waals surface area contributed by atoms with Crippen LogP contribution in [0.4, 0.5) is 19.0 Å². The van der Waals surface area contributed by atoms with E-state index in [1.54, 1.807) is 13.0 Å². The minimum absolute atomic E-state index is 0.0223. The SMILES string of the molecule is Cc1ccc(S(=O)(=O)N(CCC#N)C2CCCC2)cc1-c1cnc2c(N)nc(C(F)(F)F)nn12. The number of hydrogen-bond donors (Lipinski definition) is 1. The summed E-state index contributed by atoms with van der Waals surface area (Å²) in [5.74, 6) is -1.87. The van der Waals surface area contributed by atoms with E-state index in [-0.39, 0.29) is 35.2 Å². The van der Waals surface area contributed by atoms with Crippen LogP contribution in [0.2, 0.25) is 0 Å². The number of alkyl halides is 3. The molecule has 0 aliphatic heterocycles. The molecule has 4 rings (SSSR count). The first-order valence-corrected chi connectivity index (χ1v) is 12.1. The van der Waals surface area contributed by atoms with Crippen LogP contribution in [0, 0.1) is 18.3 Å². The number of nitrogens with two attached hydrogens (primary N) is 1. The molecule has 1 aromatic carbocycles. The van der Waals surface area contributed by atoms with Gasteiger partial charge in [-0.15, -0.1) is 5.10 Å². The highest BCUT2D eigenvalue weighted by molar-refractivity contribution is 7.89. The van der Waals surface area contributed by atoms with E-state index in [1.165, 1.54) is 22.6 Å². The fourth-order valence-electron chi connectivity index (χ4n) is 4.23. The molecule has 2 aromatic heterocycles. The van der Waals surface area contributed by atoms with Crippen molar-refractivity contribution < 1.29 is 21.6 Å². The lowest BCUT2D eigenvalue weighted by atomic mass is 10.1. The summed E-state index contributed by atoms with van der Waals surface area (Å²) in [6, 6.07) is 6.23. The van der Waals surface area contributed by atoms with Gasteiger partial charge >= 0.3 is 6.18 Å². The van der Waals surface area contributed by atoms with Crippen LogP contribution in [0.1, 0.15) is 43.5 Å². The first kappa shape index (κ1) is 23.9. The van der Waals surface area contributed by atoms with Crippen molar-refractivity contribution in [2.75, 3.05) is 12.3 Å². The number of sulfonamides is 1. The number of aryl methyl sites for hydroxylation is 1. The Morgan fingerprint density at radius 1 is 1.29 bits per heavy atom. The van der Waals surface area contributed by atoms with Crippen molar-refractivity contribution in [3.63, 3.8) is 0 Å². The van der Waals surface area contributed by atoms with Gasteiger partial charge in [0.2, 0.25) is 10.0 Å². The first-order valence-electron chi connectivity index (χ1n) is 10.6. The second kappa shape index (κ2) is 8.84. The molecule has 0 amide bonds. The zero-order valence-electron chi connectivity index (χ0n) is 18.2.